The summed E-state index contributed by atoms with van der Waals surface area (Å²) in [6.45, 7) is 0. The molecule has 5 nitrogen and oxygen atoms in total. The van der Waals surface area contributed by atoms with Gasteiger partial charge in [-0.05, 0) is 12.8 Å². The molecule has 15 heavy (non-hydrogen) atoms. The third-order valence-corrected chi connectivity index (χ3v) is 3.04. The van der Waals surface area contributed by atoms with Crippen LogP contribution in [0, 0.1) is 0 Å². The quantitative estimate of drug-likeness (QED) is 0.748. The highest BCUT2D eigenvalue weighted by atomic mass is 16.4. The van der Waals surface area contributed by atoms with E-state index in [4.69, 9.17) is 0 Å². The van der Waals surface area contributed by atoms with Crippen molar-refractivity contribution in [3.05, 3.63) is 28.4 Å². The van der Waals surface area contributed by atoms with Crippen molar-refractivity contribution in [1.29, 1.82) is 0 Å². The molecule has 0 spiro atoms. The molecule has 1 aliphatic rings. The number of H-pyrrole nitrogens is 1. The SMILES string of the molecule is O=C(O)C1(c2cc(=O)[nH]cn2)CCCC1. The largest absolute Gasteiger partial charge is 0.481 e. The molecule has 1 aliphatic carbocycles. The van der Waals surface area contributed by atoms with Gasteiger partial charge in [0, 0.05) is 6.07 Å². The van der Waals surface area contributed by atoms with Crippen LogP contribution >= 0.6 is 0 Å². The summed E-state index contributed by atoms with van der Waals surface area (Å²) in [4.78, 5) is 28.8. The Morgan fingerprint density at radius 2 is 2.13 bits per heavy atom. The summed E-state index contributed by atoms with van der Waals surface area (Å²) in [6.07, 6.45) is 4.15. The zero-order chi connectivity index (χ0) is 10.9. The lowest BCUT2D eigenvalue weighted by Crippen LogP contribution is -2.34. The van der Waals surface area contributed by atoms with Gasteiger partial charge in [-0.1, -0.05) is 12.8 Å². The van der Waals surface area contributed by atoms with Gasteiger partial charge in [0.1, 0.15) is 5.41 Å². The second-order valence-corrected chi connectivity index (χ2v) is 3.89. The summed E-state index contributed by atoms with van der Waals surface area (Å²) in [5.74, 6) is -0.877. The molecule has 5 heteroatoms. The van der Waals surface area contributed by atoms with Crippen LogP contribution in [0.4, 0.5) is 0 Å². The maximum Gasteiger partial charge on any atom is 0.315 e. The Hall–Kier alpha value is -1.65. The van der Waals surface area contributed by atoms with Crippen molar-refractivity contribution < 1.29 is 9.90 Å². The molecule has 0 radical (unpaired) electrons. The number of aromatic nitrogens is 2. The number of carboxylic acid groups (broad SMARTS) is 1. The Morgan fingerprint density at radius 3 is 2.67 bits per heavy atom. The van der Waals surface area contributed by atoms with Crippen molar-refractivity contribution in [1.82, 2.24) is 9.97 Å². The van der Waals surface area contributed by atoms with Crippen LogP contribution in [0.25, 0.3) is 0 Å². The molecule has 0 aromatic carbocycles. The van der Waals surface area contributed by atoms with Crippen molar-refractivity contribution in [3.63, 3.8) is 0 Å². The molecular weight excluding hydrogens is 196 g/mol. The summed E-state index contributed by atoms with van der Waals surface area (Å²) >= 11 is 0. The fraction of sp³-hybridized carbons (Fsp3) is 0.500. The Balaban J connectivity index is 2.50. The van der Waals surface area contributed by atoms with E-state index in [0.29, 0.717) is 18.5 Å². The number of aromatic amines is 1. The highest BCUT2D eigenvalue weighted by molar-refractivity contribution is 5.81. The predicted molar refractivity (Wildman–Crippen MR) is 52.6 cm³/mol. The van der Waals surface area contributed by atoms with Crippen LogP contribution in [0.2, 0.25) is 0 Å². The van der Waals surface area contributed by atoms with E-state index in [9.17, 15) is 14.7 Å². The van der Waals surface area contributed by atoms with Crippen molar-refractivity contribution >= 4 is 5.97 Å². The zero-order valence-electron chi connectivity index (χ0n) is 8.19. The minimum Gasteiger partial charge on any atom is -0.481 e. The minimum atomic E-state index is -0.936. The molecule has 0 aliphatic heterocycles. The summed E-state index contributed by atoms with van der Waals surface area (Å²) < 4.78 is 0. The van der Waals surface area contributed by atoms with Crippen LogP contribution in [0.3, 0.4) is 0 Å². The second kappa shape index (κ2) is 3.49. The van der Waals surface area contributed by atoms with Gasteiger partial charge in [-0.2, -0.15) is 0 Å². The third-order valence-electron chi connectivity index (χ3n) is 3.04. The summed E-state index contributed by atoms with van der Waals surface area (Å²) in [7, 11) is 0. The molecule has 1 aromatic heterocycles. The van der Waals surface area contributed by atoms with Crippen molar-refractivity contribution in [3.8, 4) is 0 Å². The Morgan fingerprint density at radius 1 is 1.47 bits per heavy atom. The van der Waals surface area contributed by atoms with Crippen LogP contribution < -0.4 is 5.56 Å². The number of aliphatic carboxylic acids is 1. The van der Waals surface area contributed by atoms with E-state index in [2.05, 4.69) is 9.97 Å². The average Bonchev–Trinajstić information content (AvgIpc) is 2.67. The number of rotatable bonds is 2. The lowest BCUT2D eigenvalue weighted by atomic mass is 9.82. The summed E-state index contributed by atoms with van der Waals surface area (Å²) in [5, 5.41) is 9.26. The number of hydrogen-bond donors (Lipinski definition) is 2. The molecule has 1 aromatic rings. The van der Waals surface area contributed by atoms with Crippen molar-refractivity contribution in [2.45, 2.75) is 31.1 Å². The topological polar surface area (TPSA) is 83.0 Å². The molecule has 0 bridgehead atoms. The van der Waals surface area contributed by atoms with E-state index >= 15 is 0 Å². The fourth-order valence-electron chi connectivity index (χ4n) is 2.19. The first-order chi connectivity index (χ1) is 7.15. The highest BCUT2D eigenvalue weighted by Crippen LogP contribution is 2.39. The molecule has 0 amide bonds. The van der Waals surface area contributed by atoms with Crippen molar-refractivity contribution in [2.24, 2.45) is 0 Å². The maximum absolute atomic E-state index is 11.3. The predicted octanol–water partition coefficient (Wildman–Crippen LogP) is 0.666. The second-order valence-electron chi connectivity index (χ2n) is 3.89. The molecule has 1 heterocycles. The molecular formula is C10H12N2O3. The Bertz CT molecular complexity index is 432. The first kappa shape index (κ1) is 9.89. The number of carboxylic acids is 1. The monoisotopic (exact) mass is 208 g/mol. The molecule has 0 atom stereocenters. The van der Waals surface area contributed by atoms with Gasteiger partial charge >= 0.3 is 5.97 Å². The molecule has 0 unspecified atom stereocenters. The van der Waals surface area contributed by atoms with Crippen molar-refractivity contribution in [2.75, 3.05) is 0 Å². The van der Waals surface area contributed by atoms with E-state index in [1.165, 1.54) is 12.4 Å². The maximum atomic E-state index is 11.3. The highest BCUT2D eigenvalue weighted by Gasteiger charge is 2.44. The number of nitrogens with one attached hydrogen (secondary N) is 1. The van der Waals surface area contributed by atoms with E-state index in [0.717, 1.165) is 12.8 Å². The van der Waals surface area contributed by atoms with Gasteiger partial charge in [0.15, 0.2) is 0 Å². The number of carbonyl (C=O) groups is 1. The van der Waals surface area contributed by atoms with Crippen LogP contribution in [-0.2, 0) is 10.2 Å². The van der Waals surface area contributed by atoms with E-state index in [-0.39, 0.29) is 5.56 Å². The van der Waals surface area contributed by atoms with Gasteiger partial charge in [-0.15, -0.1) is 0 Å². The summed E-state index contributed by atoms with van der Waals surface area (Å²) in [5.41, 5.74) is -0.849. The molecule has 80 valence electrons. The van der Waals surface area contributed by atoms with E-state index in [1.807, 2.05) is 0 Å². The Kier molecular flexibility index (Phi) is 2.30. The van der Waals surface area contributed by atoms with Gasteiger partial charge in [-0.3, -0.25) is 9.59 Å². The smallest absolute Gasteiger partial charge is 0.315 e. The number of hydrogen-bond acceptors (Lipinski definition) is 3. The van der Waals surface area contributed by atoms with Gasteiger partial charge in [0.25, 0.3) is 5.56 Å². The molecule has 0 saturated heterocycles. The van der Waals surface area contributed by atoms with Crippen LogP contribution in [0.1, 0.15) is 31.4 Å². The molecule has 2 rings (SSSR count). The fourth-order valence-corrected chi connectivity index (χ4v) is 2.19. The standard InChI is InChI=1S/C10H12N2O3/c13-8-5-7(11-6-12-8)10(9(14)15)3-1-2-4-10/h5-6H,1-4H2,(H,14,15)(H,11,12,13). The van der Waals surface area contributed by atoms with Crippen LogP contribution in [0.5, 0.6) is 0 Å². The first-order valence-electron chi connectivity index (χ1n) is 4.94. The summed E-state index contributed by atoms with van der Waals surface area (Å²) in [6, 6.07) is 1.29. The first-order valence-corrected chi connectivity index (χ1v) is 4.94. The third kappa shape index (κ3) is 1.54. The lowest BCUT2D eigenvalue weighted by molar-refractivity contribution is -0.143. The van der Waals surface area contributed by atoms with Gasteiger partial charge in [-0.25, -0.2) is 4.98 Å². The zero-order valence-corrected chi connectivity index (χ0v) is 8.19. The minimum absolute atomic E-state index is 0.299. The van der Waals surface area contributed by atoms with E-state index < -0.39 is 11.4 Å². The lowest BCUT2D eigenvalue weighted by Gasteiger charge is -2.22. The molecule has 1 saturated carbocycles. The van der Waals surface area contributed by atoms with Crippen LogP contribution in [0.15, 0.2) is 17.2 Å². The average molecular weight is 208 g/mol. The van der Waals surface area contributed by atoms with Gasteiger partial charge < -0.3 is 10.1 Å². The van der Waals surface area contributed by atoms with Gasteiger partial charge in [0.2, 0.25) is 0 Å². The van der Waals surface area contributed by atoms with E-state index in [1.54, 1.807) is 0 Å². The Labute approximate surface area is 86.2 Å². The normalized spacial score (nSPS) is 18.9. The number of nitrogens with zero attached hydrogens (tertiary/aromatic N) is 1. The molecule has 2 N–H and O–H groups in total. The molecule has 1 fully saturated rings. The van der Waals surface area contributed by atoms with Gasteiger partial charge in [0.05, 0.1) is 12.0 Å². The van der Waals surface area contributed by atoms with Crippen LogP contribution in [-0.4, -0.2) is 21.0 Å².